The van der Waals surface area contributed by atoms with Crippen molar-refractivity contribution in [3.63, 3.8) is 0 Å². The van der Waals surface area contributed by atoms with Gasteiger partial charge in [0.1, 0.15) is 5.75 Å². The lowest BCUT2D eigenvalue weighted by Crippen LogP contribution is -1.99. The number of nitrogens with two attached hydrogens (primary N) is 1. The molecule has 0 fully saturated rings. The number of anilines is 1. The average Bonchev–Trinajstić information content (AvgIpc) is 2.89. The summed E-state index contributed by atoms with van der Waals surface area (Å²) in [4.78, 5) is 0. The molecule has 1 aromatic carbocycles. The number of rotatable bonds is 4. The van der Waals surface area contributed by atoms with Gasteiger partial charge in [0, 0.05) is 11.8 Å². The van der Waals surface area contributed by atoms with Gasteiger partial charge in [0.2, 0.25) is 0 Å². The van der Waals surface area contributed by atoms with Gasteiger partial charge in [-0.1, -0.05) is 18.5 Å². The number of nitrogen functional groups attached to an aromatic ring is 1. The van der Waals surface area contributed by atoms with Crippen LogP contribution in [0.3, 0.4) is 0 Å². The number of nitrogens with zero attached hydrogens (tertiary/aromatic N) is 3. The lowest BCUT2D eigenvalue weighted by molar-refractivity contribution is 0.319. The van der Waals surface area contributed by atoms with Crippen LogP contribution >= 0.6 is 11.6 Å². The molecule has 0 aliphatic heterocycles. The monoisotopic (exact) mass is 302 g/mol. The Labute approximate surface area is 127 Å². The summed E-state index contributed by atoms with van der Waals surface area (Å²) < 4.78 is 7.41. The van der Waals surface area contributed by atoms with E-state index in [9.17, 15) is 0 Å². The summed E-state index contributed by atoms with van der Waals surface area (Å²) in [6.07, 6.45) is 2.72. The first kappa shape index (κ1) is 13.7. The molecule has 2 heterocycles. The number of halogens is 1. The Morgan fingerprint density at radius 2 is 2.10 bits per heavy atom. The Morgan fingerprint density at radius 1 is 1.24 bits per heavy atom. The van der Waals surface area contributed by atoms with Crippen LogP contribution in [0.4, 0.5) is 5.69 Å². The molecule has 6 heteroatoms. The van der Waals surface area contributed by atoms with Crippen molar-refractivity contribution >= 4 is 22.9 Å². The number of pyridine rings is 1. The number of ether oxygens (including phenoxy) is 1. The van der Waals surface area contributed by atoms with E-state index in [1.807, 2.05) is 28.7 Å². The first-order chi connectivity index (χ1) is 10.2. The molecule has 0 radical (unpaired) electrons. The highest BCUT2D eigenvalue weighted by molar-refractivity contribution is 6.30. The van der Waals surface area contributed by atoms with Crippen molar-refractivity contribution < 1.29 is 4.74 Å². The van der Waals surface area contributed by atoms with Crippen molar-refractivity contribution in [3.8, 4) is 17.1 Å². The molecule has 0 spiro atoms. The van der Waals surface area contributed by atoms with Gasteiger partial charge < -0.3 is 10.5 Å². The fourth-order valence-electron chi connectivity index (χ4n) is 2.09. The van der Waals surface area contributed by atoms with Gasteiger partial charge in [-0.15, -0.1) is 10.2 Å². The third-order valence-corrected chi connectivity index (χ3v) is 3.32. The highest BCUT2D eigenvalue weighted by atomic mass is 35.5. The molecule has 21 heavy (non-hydrogen) atoms. The van der Waals surface area contributed by atoms with Crippen LogP contribution in [0.5, 0.6) is 5.75 Å². The standard InChI is InChI=1S/C15H15ClN4O/c1-2-7-21-13-5-3-10(8-12(13)17)15-19-18-14-6-4-11(16)9-20(14)15/h3-6,8-9H,2,7,17H2,1H3. The van der Waals surface area contributed by atoms with E-state index in [-0.39, 0.29) is 0 Å². The predicted octanol–water partition coefficient (Wildman–Crippen LogP) is 3.42. The second-order valence-corrected chi connectivity index (χ2v) is 5.14. The molecule has 2 aromatic heterocycles. The lowest BCUT2D eigenvalue weighted by Gasteiger charge is -2.09. The zero-order valence-electron chi connectivity index (χ0n) is 11.6. The summed E-state index contributed by atoms with van der Waals surface area (Å²) >= 11 is 6.03. The molecule has 0 saturated carbocycles. The number of fused-ring (bicyclic) bond motifs is 1. The van der Waals surface area contributed by atoms with E-state index in [0.717, 1.165) is 17.6 Å². The Balaban J connectivity index is 2.02. The molecule has 3 rings (SSSR count). The van der Waals surface area contributed by atoms with Crippen molar-refractivity contribution in [2.24, 2.45) is 0 Å². The van der Waals surface area contributed by atoms with Gasteiger partial charge in [-0.3, -0.25) is 4.40 Å². The molecule has 108 valence electrons. The number of hydrogen-bond acceptors (Lipinski definition) is 4. The molecule has 0 aliphatic carbocycles. The van der Waals surface area contributed by atoms with Crippen LogP contribution in [0, 0.1) is 0 Å². The van der Waals surface area contributed by atoms with E-state index in [1.165, 1.54) is 0 Å². The minimum Gasteiger partial charge on any atom is -0.491 e. The Kier molecular flexibility index (Phi) is 3.66. The van der Waals surface area contributed by atoms with Gasteiger partial charge in [-0.25, -0.2) is 0 Å². The van der Waals surface area contributed by atoms with Crippen molar-refractivity contribution in [3.05, 3.63) is 41.6 Å². The van der Waals surface area contributed by atoms with Gasteiger partial charge >= 0.3 is 0 Å². The van der Waals surface area contributed by atoms with Crippen LogP contribution < -0.4 is 10.5 Å². The summed E-state index contributed by atoms with van der Waals surface area (Å²) in [6.45, 7) is 2.70. The Hall–Kier alpha value is -2.27. The van der Waals surface area contributed by atoms with E-state index in [2.05, 4.69) is 17.1 Å². The SMILES string of the molecule is CCCOc1ccc(-c2nnc3ccc(Cl)cn23)cc1N. The molecular weight excluding hydrogens is 288 g/mol. The van der Waals surface area contributed by atoms with E-state index in [1.54, 1.807) is 12.3 Å². The normalized spacial score (nSPS) is 11.0. The quantitative estimate of drug-likeness (QED) is 0.750. The minimum atomic E-state index is 0.583. The van der Waals surface area contributed by atoms with Gasteiger partial charge in [0.25, 0.3) is 0 Å². The van der Waals surface area contributed by atoms with Crippen LogP contribution in [0.15, 0.2) is 36.5 Å². The lowest BCUT2D eigenvalue weighted by atomic mass is 10.1. The molecule has 0 saturated heterocycles. The van der Waals surface area contributed by atoms with E-state index in [4.69, 9.17) is 22.1 Å². The second kappa shape index (κ2) is 5.61. The van der Waals surface area contributed by atoms with Crippen LogP contribution in [0.1, 0.15) is 13.3 Å². The third kappa shape index (κ3) is 2.64. The molecule has 0 bridgehead atoms. The minimum absolute atomic E-state index is 0.583. The summed E-state index contributed by atoms with van der Waals surface area (Å²) in [5, 5.41) is 8.94. The highest BCUT2D eigenvalue weighted by Crippen LogP contribution is 2.28. The summed E-state index contributed by atoms with van der Waals surface area (Å²) in [5.74, 6) is 1.38. The highest BCUT2D eigenvalue weighted by Gasteiger charge is 2.10. The van der Waals surface area contributed by atoms with Gasteiger partial charge in [0.15, 0.2) is 11.5 Å². The van der Waals surface area contributed by atoms with E-state index >= 15 is 0 Å². The van der Waals surface area contributed by atoms with Crippen molar-refractivity contribution in [2.75, 3.05) is 12.3 Å². The van der Waals surface area contributed by atoms with E-state index < -0.39 is 0 Å². The maximum atomic E-state index is 6.03. The molecule has 3 aromatic rings. The summed E-state index contributed by atoms with van der Waals surface area (Å²) in [5.41, 5.74) is 8.22. The fourth-order valence-corrected chi connectivity index (χ4v) is 2.25. The molecule has 0 amide bonds. The first-order valence-electron chi connectivity index (χ1n) is 6.72. The van der Waals surface area contributed by atoms with Crippen molar-refractivity contribution in [1.29, 1.82) is 0 Å². The van der Waals surface area contributed by atoms with Gasteiger partial charge in [0.05, 0.1) is 17.3 Å². The fraction of sp³-hybridized carbons (Fsp3) is 0.200. The third-order valence-electron chi connectivity index (χ3n) is 3.10. The maximum absolute atomic E-state index is 6.03. The number of benzene rings is 1. The van der Waals surface area contributed by atoms with Gasteiger partial charge in [-0.2, -0.15) is 0 Å². The molecule has 0 unspecified atom stereocenters. The van der Waals surface area contributed by atoms with Crippen LogP contribution in [0.2, 0.25) is 5.02 Å². The topological polar surface area (TPSA) is 65.4 Å². The molecule has 5 nitrogen and oxygen atoms in total. The van der Waals surface area contributed by atoms with Crippen molar-refractivity contribution in [1.82, 2.24) is 14.6 Å². The summed E-state index contributed by atoms with van der Waals surface area (Å²) in [6, 6.07) is 9.21. The smallest absolute Gasteiger partial charge is 0.168 e. The van der Waals surface area contributed by atoms with E-state index in [0.29, 0.717) is 28.9 Å². The maximum Gasteiger partial charge on any atom is 0.168 e. The Bertz CT molecular complexity index is 784. The summed E-state index contributed by atoms with van der Waals surface area (Å²) in [7, 11) is 0. The average molecular weight is 303 g/mol. The van der Waals surface area contributed by atoms with Gasteiger partial charge in [-0.05, 0) is 36.8 Å². The van der Waals surface area contributed by atoms with Crippen LogP contribution in [-0.4, -0.2) is 21.2 Å². The first-order valence-corrected chi connectivity index (χ1v) is 7.10. The molecule has 2 N–H and O–H groups in total. The Morgan fingerprint density at radius 3 is 2.86 bits per heavy atom. The predicted molar refractivity (Wildman–Crippen MR) is 83.6 cm³/mol. The molecule has 0 aliphatic rings. The zero-order chi connectivity index (χ0) is 14.8. The van der Waals surface area contributed by atoms with Crippen molar-refractivity contribution in [2.45, 2.75) is 13.3 Å². The van der Waals surface area contributed by atoms with Crippen LogP contribution in [-0.2, 0) is 0 Å². The molecular formula is C15H15ClN4O. The second-order valence-electron chi connectivity index (χ2n) is 4.70. The number of aromatic nitrogens is 3. The largest absolute Gasteiger partial charge is 0.491 e. The molecule has 0 atom stereocenters. The number of hydrogen-bond donors (Lipinski definition) is 1. The van der Waals surface area contributed by atoms with Crippen LogP contribution in [0.25, 0.3) is 17.0 Å². The zero-order valence-corrected chi connectivity index (χ0v) is 12.3.